The molecule has 0 aliphatic carbocycles. The van der Waals surface area contributed by atoms with Gasteiger partial charge in [-0.15, -0.1) is 11.3 Å². The molecule has 2 aromatic heterocycles. The van der Waals surface area contributed by atoms with Crippen molar-refractivity contribution in [2.24, 2.45) is 0 Å². The van der Waals surface area contributed by atoms with Crippen molar-refractivity contribution in [3.63, 3.8) is 0 Å². The third-order valence-electron chi connectivity index (χ3n) is 4.79. The molecule has 1 aliphatic heterocycles. The van der Waals surface area contributed by atoms with Crippen molar-refractivity contribution in [3.05, 3.63) is 57.9 Å². The van der Waals surface area contributed by atoms with Gasteiger partial charge in [0.05, 0.1) is 11.4 Å². The second kappa shape index (κ2) is 7.00. The molecule has 1 aliphatic rings. The third kappa shape index (κ3) is 3.26. The van der Waals surface area contributed by atoms with Crippen LogP contribution >= 0.6 is 11.3 Å². The van der Waals surface area contributed by atoms with E-state index in [0.717, 1.165) is 32.7 Å². The Bertz CT molecular complexity index is 1040. The number of aryl methyl sites for hydroxylation is 1. The smallest absolute Gasteiger partial charge is 0.325 e. The van der Waals surface area contributed by atoms with E-state index in [9.17, 15) is 14.4 Å². The number of nitrogens with zero attached hydrogens (tertiary/aromatic N) is 1. The van der Waals surface area contributed by atoms with Gasteiger partial charge in [0.25, 0.3) is 5.91 Å². The van der Waals surface area contributed by atoms with Gasteiger partial charge in [-0.05, 0) is 30.2 Å². The topological polar surface area (TPSA) is 82.3 Å². The molecule has 3 amide bonds. The number of H-pyrrole nitrogens is 1. The number of amides is 3. The highest BCUT2D eigenvalue weighted by atomic mass is 32.1. The van der Waals surface area contributed by atoms with Crippen LogP contribution in [0.5, 0.6) is 0 Å². The van der Waals surface area contributed by atoms with E-state index in [1.165, 1.54) is 11.3 Å². The Morgan fingerprint density at radius 3 is 2.78 bits per heavy atom. The van der Waals surface area contributed by atoms with Crippen LogP contribution in [0.2, 0.25) is 0 Å². The van der Waals surface area contributed by atoms with E-state index in [0.29, 0.717) is 11.3 Å². The average molecular weight is 381 g/mol. The number of hydrogen-bond acceptors (Lipinski definition) is 4. The summed E-state index contributed by atoms with van der Waals surface area (Å²) in [4.78, 5) is 43.3. The zero-order valence-electron chi connectivity index (χ0n) is 14.8. The molecule has 4 rings (SSSR count). The molecule has 138 valence electrons. The maximum atomic E-state index is 12.7. The number of rotatable bonds is 6. The van der Waals surface area contributed by atoms with Gasteiger partial charge in [0.15, 0.2) is 5.78 Å². The minimum absolute atomic E-state index is 0.212. The highest BCUT2D eigenvalue weighted by molar-refractivity contribution is 7.14. The zero-order valence-corrected chi connectivity index (χ0v) is 15.6. The van der Waals surface area contributed by atoms with E-state index in [-0.39, 0.29) is 18.2 Å². The number of thiophene rings is 1. The lowest BCUT2D eigenvalue weighted by molar-refractivity contribution is -0.127. The molecule has 1 saturated heterocycles. The average Bonchev–Trinajstić information content (AvgIpc) is 3.37. The molecule has 7 heteroatoms. The quantitative estimate of drug-likeness (QED) is 0.508. The predicted molar refractivity (Wildman–Crippen MR) is 104 cm³/mol. The molecule has 0 bridgehead atoms. The summed E-state index contributed by atoms with van der Waals surface area (Å²) >= 11 is 1.41. The molecular weight excluding hydrogens is 362 g/mol. The monoisotopic (exact) mass is 381 g/mol. The molecule has 0 unspecified atom stereocenters. The number of hydrogen-bond donors (Lipinski definition) is 2. The van der Waals surface area contributed by atoms with E-state index >= 15 is 0 Å². The number of benzene rings is 1. The number of imide groups is 1. The first-order valence-electron chi connectivity index (χ1n) is 8.85. The second-order valence-corrected chi connectivity index (χ2v) is 7.70. The molecule has 2 N–H and O–H groups in total. The number of carbonyl (C=O) groups excluding carboxylic acids is 3. The van der Waals surface area contributed by atoms with Gasteiger partial charge in [0, 0.05) is 28.4 Å². The minimum Gasteiger partial charge on any atom is -0.361 e. The summed E-state index contributed by atoms with van der Waals surface area (Å²) in [6, 6.07) is 10.3. The first-order valence-corrected chi connectivity index (χ1v) is 9.67. The van der Waals surface area contributed by atoms with Gasteiger partial charge in [-0.2, -0.15) is 0 Å². The number of carbonyl (C=O) groups is 3. The molecule has 1 fully saturated rings. The van der Waals surface area contributed by atoms with Crippen molar-refractivity contribution in [2.45, 2.75) is 25.8 Å². The fourth-order valence-corrected chi connectivity index (χ4v) is 4.20. The van der Waals surface area contributed by atoms with Gasteiger partial charge in [-0.1, -0.05) is 25.1 Å². The fourth-order valence-electron chi connectivity index (χ4n) is 3.32. The summed E-state index contributed by atoms with van der Waals surface area (Å²) in [5.74, 6) is -0.568. The van der Waals surface area contributed by atoms with Crippen LogP contribution in [0.3, 0.4) is 0 Å². The molecule has 6 nitrogen and oxygen atoms in total. The summed E-state index contributed by atoms with van der Waals surface area (Å²) < 4.78 is 0. The molecular formula is C20H19N3O3S. The van der Waals surface area contributed by atoms with Crippen LogP contribution in [0.1, 0.15) is 27.0 Å². The van der Waals surface area contributed by atoms with E-state index in [2.05, 4.69) is 10.3 Å². The molecule has 0 radical (unpaired) electrons. The Hall–Kier alpha value is -2.93. The van der Waals surface area contributed by atoms with Crippen LogP contribution in [0.15, 0.2) is 42.6 Å². The van der Waals surface area contributed by atoms with Gasteiger partial charge in [-0.3, -0.25) is 14.5 Å². The van der Waals surface area contributed by atoms with Crippen LogP contribution < -0.4 is 5.32 Å². The number of ketones is 1. The van der Waals surface area contributed by atoms with Crippen LogP contribution in [0.4, 0.5) is 4.79 Å². The van der Waals surface area contributed by atoms with E-state index in [1.807, 2.05) is 43.5 Å². The van der Waals surface area contributed by atoms with Gasteiger partial charge >= 0.3 is 6.03 Å². The lowest BCUT2D eigenvalue weighted by Crippen LogP contribution is -2.36. The SMILES string of the molecule is CCc1ccc(C(=O)CN2C(=O)N[C@@H](Cc3c[nH]c4ccccc34)C2=O)s1. The van der Waals surface area contributed by atoms with E-state index in [1.54, 1.807) is 6.07 Å². The van der Waals surface area contributed by atoms with E-state index < -0.39 is 12.1 Å². The molecule has 1 aromatic carbocycles. The van der Waals surface area contributed by atoms with Crippen molar-refractivity contribution in [1.29, 1.82) is 0 Å². The number of nitrogens with one attached hydrogen (secondary N) is 2. The first kappa shape index (κ1) is 17.5. The lowest BCUT2D eigenvalue weighted by atomic mass is 10.1. The molecule has 0 spiro atoms. The summed E-state index contributed by atoms with van der Waals surface area (Å²) in [7, 11) is 0. The van der Waals surface area contributed by atoms with Gasteiger partial charge in [0.2, 0.25) is 0 Å². The largest absolute Gasteiger partial charge is 0.361 e. The van der Waals surface area contributed by atoms with Gasteiger partial charge < -0.3 is 10.3 Å². The standard InChI is InChI=1S/C20H19N3O3S/c1-2-13-7-8-18(27-13)17(24)11-23-19(25)16(22-20(23)26)9-12-10-21-15-6-4-3-5-14(12)15/h3-8,10,16,21H,2,9,11H2,1H3,(H,22,26)/t16-/m0/s1. The van der Waals surface area contributed by atoms with Crippen molar-refractivity contribution in [3.8, 4) is 0 Å². The summed E-state index contributed by atoms with van der Waals surface area (Å²) in [5, 5.41) is 3.73. The maximum Gasteiger partial charge on any atom is 0.325 e. The predicted octanol–water partition coefficient (Wildman–Crippen LogP) is 3.14. The molecule has 3 aromatic rings. The Kier molecular flexibility index (Phi) is 4.53. The number of Topliss-reactive ketones (excluding diaryl/α,β-unsaturated/α-hetero) is 1. The third-order valence-corrected chi connectivity index (χ3v) is 6.06. The van der Waals surface area contributed by atoms with Crippen molar-refractivity contribution < 1.29 is 14.4 Å². The highest BCUT2D eigenvalue weighted by Gasteiger charge is 2.39. The Morgan fingerprint density at radius 1 is 1.19 bits per heavy atom. The summed E-state index contributed by atoms with van der Waals surface area (Å²) in [6.07, 6.45) is 3.10. The number of aromatic nitrogens is 1. The maximum absolute atomic E-state index is 12.7. The molecule has 1 atom stereocenters. The first-order chi connectivity index (χ1) is 13.1. The number of fused-ring (bicyclic) bond motifs is 1. The Labute approximate surface area is 160 Å². The fraction of sp³-hybridized carbons (Fsp3) is 0.250. The number of urea groups is 1. The minimum atomic E-state index is -0.654. The zero-order chi connectivity index (χ0) is 19.0. The van der Waals surface area contributed by atoms with Crippen LogP contribution in [0, 0.1) is 0 Å². The van der Waals surface area contributed by atoms with Crippen LogP contribution in [-0.4, -0.2) is 40.2 Å². The summed E-state index contributed by atoms with van der Waals surface area (Å²) in [6.45, 7) is 1.80. The molecule has 0 saturated carbocycles. The summed E-state index contributed by atoms with van der Waals surface area (Å²) in [5.41, 5.74) is 1.95. The van der Waals surface area contributed by atoms with Gasteiger partial charge in [0.1, 0.15) is 6.04 Å². The Balaban J connectivity index is 1.47. The van der Waals surface area contributed by atoms with Crippen molar-refractivity contribution >= 4 is 40.0 Å². The van der Waals surface area contributed by atoms with E-state index in [4.69, 9.17) is 0 Å². The Morgan fingerprint density at radius 2 is 2.00 bits per heavy atom. The highest BCUT2D eigenvalue weighted by Crippen LogP contribution is 2.22. The lowest BCUT2D eigenvalue weighted by Gasteiger charge is -2.11. The molecule has 27 heavy (non-hydrogen) atoms. The van der Waals surface area contributed by atoms with Crippen molar-refractivity contribution in [2.75, 3.05) is 6.54 Å². The number of para-hydroxylation sites is 1. The molecule has 3 heterocycles. The van der Waals surface area contributed by atoms with Gasteiger partial charge in [-0.25, -0.2) is 4.79 Å². The normalized spacial score (nSPS) is 16.9. The van der Waals surface area contributed by atoms with Crippen LogP contribution in [0.25, 0.3) is 10.9 Å². The second-order valence-electron chi connectivity index (χ2n) is 6.53. The number of aromatic amines is 1. The van der Waals surface area contributed by atoms with Crippen molar-refractivity contribution in [1.82, 2.24) is 15.2 Å². The van der Waals surface area contributed by atoms with Crippen LogP contribution in [-0.2, 0) is 17.6 Å².